The Morgan fingerprint density at radius 3 is 2.50 bits per heavy atom. The van der Waals surface area contributed by atoms with Crippen molar-refractivity contribution in [3.05, 3.63) is 97.8 Å². The molecule has 8 nitrogen and oxygen atoms in total. The van der Waals surface area contributed by atoms with Gasteiger partial charge in [-0.1, -0.05) is 24.3 Å². The Balaban J connectivity index is 1.36. The summed E-state index contributed by atoms with van der Waals surface area (Å²) in [5.74, 6) is 0.842. The molecule has 0 atom stereocenters. The van der Waals surface area contributed by atoms with Crippen LogP contribution in [0, 0.1) is 0 Å². The number of nitrogens with one attached hydrogen (secondary N) is 1. The number of rotatable bonds is 3. The number of para-hydroxylation sites is 2. The number of furan rings is 1. The fourth-order valence-corrected chi connectivity index (χ4v) is 5.96. The monoisotopic (exact) mass is 524 g/mol. The van der Waals surface area contributed by atoms with E-state index >= 15 is 0 Å². The first-order valence-electron chi connectivity index (χ1n) is 13.2. The van der Waals surface area contributed by atoms with Gasteiger partial charge in [-0.05, 0) is 42.5 Å². The molecule has 7 aromatic rings. The van der Waals surface area contributed by atoms with Gasteiger partial charge in [0.1, 0.15) is 17.7 Å². The van der Waals surface area contributed by atoms with Gasteiger partial charge < -0.3 is 9.32 Å². The number of imidazole rings is 1. The summed E-state index contributed by atoms with van der Waals surface area (Å²) < 4.78 is 10.3. The minimum absolute atomic E-state index is 0.818. The number of aryl methyl sites for hydroxylation is 2. The molecule has 194 valence electrons. The summed E-state index contributed by atoms with van der Waals surface area (Å²) in [6, 6.07) is 24.9. The van der Waals surface area contributed by atoms with Gasteiger partial charge in [0.15, 0.2) is 11.8 Å². The molecule has 5 aromatic heterocycles. The zero-order valence-corrected chi connectivity index (χ0v) is 22.3. The van der Waals surface area contributed by atoms with Gasteiger partial charge in [-0.25, -0.2) is 9.55 Å². The maximum Gasteiger partial charge on any atom is 0.268 e. The highest BCUT2D eigenvalue weighted by molar-refractivity contribution is 6.05. The molecule has 0 spiro atoms. The maximum absolute atomic E-state index is 6.06. The van der Waals surface area contributed by atoms with Crippen LogP contribution in [0.15, 0.2) is 102 Å². The fraction of sp³-hybridized carbons (Fsp3) is 0.0938. The van der Waals surface area contributed by atoms with Gasteiger partial charge in [-0.3, -0.25) is 19.4 Å². The van der Waals surface area contributed by atoms with E-state index in [2.05, 4.69) is 104 Å². The van der Waals surface area contributed by atoms with Crippen LogP contribution in [0.3, 0.4) is 0 Å². The third kappa shape index (κ3) is 3.16. The van der Waals surface area contributed by atoms with E-state index in [1.54, 1.807) is 6.26 Å². The van der Waals surface area contributed by atoms with Gasteiger partial charge in [-0.15, -0.1) is 0 Å². The predicted octanol–water partition coefficient (Wildman–Crippen LogP) is 6.75. The Morgan fingerprint density at radius 1 is 0.825 bits per heavy atom. The molecular weight excluding hydrogens is 498 g/mol. The SMILES string of the molecule is CN1c2ccccc2N(c2cccc(-c3cn(C)c4c3[nH]c[n+]4C)n2)c2cc3c(-c4ccccn4)coc3cc21. The summed E-state index contributed by atoms with van der Waals surface area (Å²) in [7, 11) is 6.20. The standard InChI is InChI=1S/C32H25N7O/c1-36-17-21(31-32(36)37(2)19-34-31)24-10-8-13-30(35-24)39-26-12-5-4-11-25(26)38(3)27-16-29-20(15-28(27)39)22(18-40-29)23-9-6-7-14-33-23/h4-19H,1-3H3/p+1. The zero-order chi connectivity index (χ0) is 27.0. The van der Waals surface area contributed by atoms with Crippen molar-refractivity contribution in [3.63, 3.8) is 0 Å². The third-order valence-corrected chi connectivity index (χ3v) is 7.82. The lowest BCUT2D eigenvalue weighted by Crippen LogP contribution is -2.26. The number of benzene rings is 2. The second-order valence-electron chi connectivity index (χ2n) is 10.2. The van der Waals surface area contributed by atoms with Gasteiger partial charge >= 0.3 is 0 Å². The second-order valence-corrected chi connectivity index (χ2v) is 10.2. The molecule has 8 heteroatoms. The molecule has 1 N–H and O–H groups in total. The van der Waals surface area contributed by atoms with Crippen LogP contribution in [-0.2, 0) is 14.1 Å². The molecule has 0 amide bonds. The van der Waals surface area contributed by atoms with Crippen molar-refractivity contribution in [2.75, 3.05) is 16.8 Å². The summed E-state index contributed by atoms with van der Waals surface area (Å²) in [6.07, 6.45) is 7.71. The van der Waals surface area contributed by atoms with Crippen molar-refractivity contribution in [1.29, 1.82) is 0 Å². The highest BCUT2D eigenvalue weighted by Crippen LogP contribution is 2.52. The third-order valence-electron chi connectivity index (χ3n) is 7.82. The first kappa shape index (κ1) is 22.6. The van der Waals surface area contributed by atoms with Gasteiger partial charge in [0.2, 0.25) is 0 Å². The van der Waals surface area contributed by atoms with E-state index in [0.29, 0.717) is 0 Å². The summed E-state index contributed by atoms with van der Waals surface area (Å²) in [6.45, 7) is 0. The summed E-state index contributed by atoms with van der Waals surface area (Å²) in [4.78, 5) is 17.7. The number of aromatic nitrogens is 5. The van der Waals surface area contributed by atoms with Crippen LogP contribution in [0.25, 0.3) is 44.6 Å². The molecule has 8 rings (SSSR count). The number of aromatic amines is 1. The Labute approximate surface area is 230 Å². The molecule has 0 aliphatic carbocycles. The molecule has 1 aliphatic rings. The number of hydrogen-bond acceptors (Lipinski definition) is 5. The number of H-pyrrole nitrogens is 1. The number of anilines is 5. The van der Waals surface area contributed by atoms with Crippen LogP contribution in [-0.4, -0.2) is 26.6 Å². The van der Waals surface area contributed by atoms with E-state index in [4.69, 9.17) is 9.40 Å². The molecule has 0 unspecified atom stereocenters. The molecule has 1 aliphatic heterocycles. The number of hydrogen-bond donors (Lipinski definition) is 1. The van der Waals surface area contributed by atoms with Crippen molar-refractivity contribution >= 4 is 50.7 Å². The maximum atomic E-state index is 6.06. The van der Waals surface area contributed by atoms with E-state index in [1.807, 2.05) is 37.8 Å². The van der Waals surface area contributed by atoms with E-state index in [-0.39, 0.29) is 0 Å². The van der Waals surface area contributed by atoms with Crippen LogP contribution in [0.2, 0.25) is 0 Å². The van der Waals surface area contributed by atoms with E-state index < -0.39 is 0 Å². The normalized spacial score (nSPS) is 12.8. The second kappa shape index (κ2) is 8.31. The van der Waals surface area contributed by atoms with E-state index in [0.717, 1.165) is 73.2 Å². The molecule has 0 saturated carbocycles. The topological polar surface area (TPSA) is 70.0 Å². The molecule has 0 fully saturated rings. The molecule has 6 heterocycles. The van der Waals surface area contributed by atoms with Gasteiger partial charge in [0.05, 0.1) is 60.0 Å². The van der Waals surface area contributed by atoms with Crippen molar-refractivity contribution in [1.82, 2.24) is 19.5 Å². The molecular formula is C32H26N7O+. The zero-order valence-electron chi connectivity index (χ0n) is 22.3. The van der Waals surface area contributed by atoms with E-state index in [1.165, 1.54) is 0 Å². The van der Waals surface area contributed by atoms with Crippen LogP contribution < -0.4 is 14.4 Å². The van der Waals surface area contributed by atoms with Crippen molar-refractivity contribution < 1.29 is 8.98 Å². The Morgan fingerprint density at radius 2 is 1.65 bits per heavy atom. The average Bonchev–Trinajstić information content (AvgIpc) is 3.68. The first-order valence-corrected chi connectivity index (χ1v) is 13.2. The lowest BCUT2D eigenvalue weighted by Gasteiger charge is -2.38. The van der Waals surface area contributed by atoms with Crippen molar-refractivity contribution in [3.8, 4) is 22.5 Å². The Hall–Kier alpha value is -5.37. The largest absolute Gasteiger partial charge is 0.464 e. The number of nitrogens with zero attached hydrogens (tertiary/aromatic N) is 6. The van der Waals surface area contributed by atoms with Gasteiger partial charge in [0, 0.05) is 30.3 Å². The summed E-state index contributed by atoms with van der Waals surface area (Å²) in [5.41, 5.74) is 11.0. The van der Waals surface area contributed by atoms with Crippen LogP contribution in [0.5, 0.6) is 0 Å². The van der Waals surface area contributed by atoms with Crippen molar-refractivity contribution in [2.24, 2.45) is 14.1 Å². The van der Waals surface area contributed by atoms with Crippen LogP contribution >= 0.6 is 0 Å². The number of fused-ring (bicyclic) bond motifs is 4. The quantitative estimate of drug-likeness (QED) is 0.259. The summed E-state index contributed by atoms with van der Waals surface area (Å²) in [5, 5.41) is 1.01. The molecule has 0 bridgehead atoms. The molecule has 2 aromatic carbocycles. The minimum atomic E-state index is 0.818. The lowest BCUT2D eigenvalue weighted by molar-refractivity contribution is -0.647. The van der Waals surface area contributed by atoms with Gasteiger partial charge in [0.25, 0.3) is 5.65 Å². The van der Waals surface area contributed by atoms with Crippen molar-refractivity contribution in [2.45, 2.75) is 0 Å². The van der Waals surface area contributed by atoms with Gasteiger partial charge in [-0.2, -0.15) is 0 Å². The summed E-state index contributed by atoms with van der Waals surface area (Å²) >= 11 is 0. The van der Waals surface area contributed by atoms with Crippen LogP contribution in [0.4, 0.5) is 28.6 Å². The first-order chi connectivity index (χ1) is 19.6. The molecule has 0 radical (unpaired) electrons. The smallest absolute Gasteiger partial charge is 0.268 e. The predicted molar refractivity (Wildman–Crippen MR) is 157 cm³/mol. The number of pyridine rings is 2. The highest BCUT2D eigenvalue weighted by Gasteiger charge is 2.30. The Kier molecular flexibility index (Phi) is 4.70. The van der Waals surface area contributed by atoms with E-state index in [9.17, 15) is 0 Å². The van der Waals surface area contributed by atoms with Crippen LogP contribution in [0.1, 0.15) is 0 Å². The molecule has 0 saturated heterocycles. The highest BCUT2D eigenvalue weighted by atomic mass is 16.3. The fourth-order valence-electron chi connectivity index (χ4n) is 5.96. The average molecular weight is 525 g/mol. The minimum Gasteiger partial charge on any atom is -0.464 e. The molecule has 40 heavy (non-hydrogen) atoms. The lowest BCUT2D eigenvalue weighted by atomic mass is 10.0. The Bertz CT molecular complexity index is 2070.